The minimum atomic E-state index is -4.46. The summed E-state index contributed by atoms with van der Waals surface area (Å²) in [6.45, 7) is 3.37. The minimum Gasteiger partial charge on any atom is -0.444 e. The predicted molar refractivity (Wildman–Crippen MR) is 205 cm³/mol. The van der Waals surface area contributed by atoms with Crippen molar-refractivity contribution in [3.05, 3.63) is 115 Å². The zero-order chi connectivity index (χ0) is 40.2. The Morgan fingerprint density at radius 2 is 1.43 bits per heavy atom. The van der Waals surface area contributed by atoms with Crippen molar-refractivity contribution in [2.75, 3.05) is 51.5 Å². The van der Waals surface area contributed by atoms with Crippen molar-refractivity contribution in [2.45, 2.75) is 37.3 Å². The molecule has 17 heteroatoms. The van der Waals surface area contributed by atoms with Gasteiger partial charge in [-0.15, -0.1) is 0 Å². The number of urea groups is 1. The van der Waals surface area contributed by atoms with Gasteiger partial charge >= 0.3 is 18.4 Å². The largest absolute Gasteiger partial charge is 0.444 e. The quantitative estimate of drug-likeness (QED) is 0.169. The number of amides is 2. The molecule has 58 heavy (non-hydrogen) atoms. The molecule has 10 rings (SSSR count). The van der Waals surface area contributed by atoms with Crippen molar-refractivity contribution < 1.29 is 35.6 Å². The number of nitrogens with zero attached hydrogens (tertiary/aromatic N) is 7. The van der Waals surface area contributed by atoms with E-state index in [1.807, 2.05) is 12.1 Å². The molecule has 0 aliphatic carbocycles. The van der Waals surface area contributed by atoms with Crippen LogP contribution in [0, 0.1) is 0 Å². The number of pyridine rings is 3. The third-order valence-corrected chi connectivity index (χ3v) is 10.6. The lowest BCUT2D eigenvalue weighted by atomic mass is 10.1. The van der Waals surface area contributed by atoms with Gasteiger partial charge in [0.05, 0.1) is 46.1 Å². The second-order valence-electron chi connectivity index (χ2n) is 14.3. The van der Waals surface area contributed by atoms with Crippen LogP contribution in [0.25, 0.3) is 33.8 Å². The molecule has 4 aromatic heterocycles. The highest BCUT2D eigenvalue weighted by Gasteiger charge is 2.41. The first-order valence-corrected chi connectivity index (χ1v) is 18.5. The Labute approximate surface area is 327 Å². The van der Waals surface area contributed by atoms with Gasteiger partial charge in [-0.3, -0.25) is 10.2 Å². The van der Waals surface area contributed by atoms with Crippen molar-refractivity contribution in [3.63, 3.8) is 0 Å². The second-order valence-corrected chi connectivity index (χ2v) is 14.3. The lowest BCUT2D eigenvalue weighted by Gasteiger charge is -2.35. The summed E-state index contributed by atoms with van der Waals surface area (Å²) < 4.78 is 83.6. The number of nitrogens with one attached hydrogen (secondary N) is 2. The van der Waals surface area contributed by atoms with Crippen LogP contribution in [0.15, 0.2) is 108 Å². The van der Waals surface area contributed by atoms with E-state index in [1.165, 1.54) is 18.5 Å². The fourth-order valence-corrected chi connectivity index (χ4v) is 7.79. The summed E-state index contributed by atoms with van der Waals surface area (Å²) in [7, 11) is 0. The Morgan fingerprint density at radius 3 is 2.12 bits per heavy atom. The van der Waals surface area contributed by atoms with Crippen LogP contribution in [0.3, 0.4) is 0 Å². The number of fused-ring (bicyclic) bond motifs is 8. The standard InChI is InChI=1S/C25H19F3N6O2.C16H14F3N3/c26-25(27,28)17-3-1-2-15(10-17)19-4-5-20-23(31-19)34(18-7-9-33(20)13-18)24(35)32-22-11-16(6-8-30-22)21-12-29-14-36-21;17-16(18,19)11-3-1-2-10(8-11)13-4-5-14-15(21-13)20-12-6-7-22(14)9-12/h1-6,8,10-12,14,18H,7,9,13H2,(H,30,32,35);1-5,8,12H,6-7,9H2,(H,20,21)/t18-;12-/m00/s1. The maximum Gasteiger partial charge on any atom is 0.416 e. The maximum atomic E-state index is 13.5. The topological polar surface area (TPSA) is 116 Å². The highest BCUT2D eigenvalue weighted by molar-refractivity contribution is 6.04. The van der Waals surface area contributed by atoms with Gasteiger partial charge in [0, 0.05) is 55.1 Å². The third kappa shape index (κ3) is 7.23. The Bertz CT molecular complexity index is 2490. The second kappa shape index (κ2) is 14.4. The summed E-state index contributed by atoms with van der Waals surface area (Å²) in [4.78, 5) is 36.8. The summed E-state index contributed by atoms with van der Waals surface area (Å²) in [5.74, 6) is 2.03. The maximum absolute atomic E-state index is 13.5. The predicted octanol–water partition coefficient (Wildman–Crippen LogP) is 9.22. The normalized spacial score (nSPS) is 17.9. The molecule has 0 unspecified atom stereocenters. The lowest BCUT2D eigenvalue weighted by Crippen LogP contribution is -2.48. The number of anilines is 5. The highest BCUT2D eigenvalue weighted by Crippen LogP contribution is 2.42. The van der Waals surface area contributed by atoms with Gasteiger partial charge in [0.2, 0.25) is 0 Å². The fraction of sp³-hybridized carbons (Fsp3) is 0.244. The zero-order valence-corrected chi connectivity index (χ0v) is 30.4. The van der Waals surface area contributed by atoms with Crippen LogP contribution >= 0.6 is 0 Å². The molecule has 296 valence electrons. The number of hydrogen-bond acceptors (Lipinski definition) is 9. The van der Waals surface area contributed by atoms with Gasteiger partial charge in [0.25, 0.3) is 0 Å². The highest BCUT2D eigenvalue weighted by atomic mass is 19.4. The van der Waals surface area contributed by atoms with E-state index in [-0.39, 0.29) is 6.04 Å². The summed E-state index contributed by atoms with van der Waals surface area (Å²) in [5.41, 5.74) is 2.80. The molecule has 0 saturated carbocycles. The number of oxazole rings is 1. The fourth-order valence-electron chi connectivity index (χ4n) is 7.79. The molecule has 2 amide bonds. The van der Waals surface area contributed by atoms with Gasteiger partial charge in [-0.2, -0.15) is 26.3 Å². The lowest BCUT2D eigenvalue weighted by molar-refractivity contribution is -0.138. The van der Waals surface area contributed by atoms with Crippen molar-refractivity contribution in [2.24, 2.45) is 0 Å². The first-order valence-electron chi connectivity index (χ1n) is 18.5. The number of benzene rings is 2. The number of alkyl halides is 6. The first kappa shape index (κ1) is 37.0. The Kier molecular flexibility index (Phi) is 9.16. The molecular formula is C41H33F6N9O2. The molecule has 4 aliphatic heterocycles. The van der Waals surface area contributed by atoms with Crippen LogP contribution < -0.4 is 25.3 Å². The average Bonchev–Trinajstić information content (AvgIpc) is 3.99. The molecule has 2 saturated heterocycles. The molecule has 2 fully saturated rings. The van der Waals surface area contributed by atoms with Gasteiger partial charge < -0.3 is 19.5 Å². The molecule has 2 aromatic carbocycles. The molecule has 4 bridgehead atoms. The van der Waals surface area contributed by atoms with Gasteiger partial charge in [-0.05, 0) is 73.5 Å². The van der Waals surface area contributed by atoms with E-state index in [9.17, 15) is 31.1 Å². The summed E-state index contributed by atoms with van der Waals surface area (Å²) in [5, 5.41) is 6.20. The molecule has 0 radical (unpaired) electrons. The molecule has 6 aromatic rings. The van der Waals surface area contributed by atoms with Gasteiger partial charge in [0.1, 0.15) is 5.82 Å². The van der Waals surface area contributed by atoms with Crippen LogP contribution in [0.1, 0.15) is 24.0 Å². The van der Waals surface area contributed by atoms with E-state index < -0.39 is 29.5 Å². The molecule has 11 nitrogen and oxygen atoms in total. The Hall–Kier alpha value is -6.65. The van der Waals surface area contributed by atoms with E-state index in [2.05, 4.69) is 40.4 Å². The van der Waals surface area contributed by atoms with Gasteiger partial charge in [-0.1, -0.05) is 24.3 Å². The summed E-state index contributed by atoms with van der Waals surface area (Å²) >= 11 is 0. The Balaban J connectivity index is 0.000000169. The number of rotatable bonds is 4. The first-order chi connectivity index (χ1) is 27.9. The SMILES string of the molecule is FC(F)(F)c1cccc(-c2ccc3c(n2)N[C@H]2CCN3C2)c1.O=C(Nc1cc(-c2cnco2)ccn1)N1c2nc(-c3cccc(C(F)(F)F)c3)ccc2N2CC[C@H]1C2. The molecule has 0 spiro atoms. The van der Waals surface area contributed by atoms with Crippen LogP contribution in [0.4, 0.5) is 60.0 Å². The van der Waals surface area contributed by atoms with Crippen molar-refractivity contribution >= 4 is 34.9 Å². The average molecular weight is 798 g/mol. The zero-order valence-electron chi connectivity index (χ0n) is 30.4. The van der Waals surface area contributed by atoms with Crippen molar-refractivity contribution in [3.8, 4) is 33.8 Å². The number of carbonyl (C=O) groups excluding carboxylic acids is 1. The van der Waals surface area contributed by atoms with Crippen molar-refractivity contribution in [1.82, 2.24) is 19.9 Å². The van der Waals surface area contributed by atoms with Crippen LogP contribution in [0.2, 0.25) is 0 Å². The van der Waals surface area contributed by atoms with E-state index in [0.29, 0.717) is 58.1 Å². The smallest absolute Gasteiger partial charge is 0.416 e. The molecule has 2 atom stereocenters. The van der Waals surface area contributed by atoms with E-state index in [1.54, 1.807) is 53.7 Å². The van der Waals surface area contributed by atoms with E-state index in [0.717, 1.165) is 73.9 Å². The van der Waals surface area contributed by atoms with Crippen LogP contribution in [-0.4, -0.2) is 64.2 Å². The number of carbonyl (C=O) groups is 1. The van der Waals surface area contributed by atoms with Crippen LogP contribution in [0.5, 0.6) is 0 Å². The number of aromatic nitrogens is 4. The molecular weight excluding hydrogens is 764 g/mol. The van der Waals surface area contributed by atoms with Crippen molar-refractivity contribution in [1.29, 1.82) is 0 Å². The monoisotopic (exact) mass is 797 g/mol. The van der Waals surface area contributed by atoms with Gasteiger partial charge in [-0.25, -0.2) is 24.7 Å². The van der Waals surface area contributed by atoms with E-state index in [4.69, 9.17) is 4.42 Å². The molecule has 8 heterocycles. The summed E-state index contributed by atoms with van der Waals surface area (Å²) in [6, 6.07) is 20.8. The molecule has 2 N–H and O–H groups in total. The number of hydrogen-bond donors (Lipinski definition) is 2. The third-order valence-electron chi connectivity index (χ3n) is 10.6. The van der Waals surface area contributed by atoms with E-state index >= 15 is 0 Å². The molecule has 4 aliphatic rings. The Morgan fingerprint density at radius 1 is 0.759 bits per heavy atom. The van der Waals surface area contributed by atoms with Crippen LogP contribution in [-0.2, 0) is 12.4 Å². The summed E-state index contributed by atoms with van der Waals surface area (Å²) in [6.07, 6.45) is -2.56. The number of halogens is 6. The van der Waals surface area contributed by atoms with Gasteiger partial charge in [0.15, 0.2) is 23.8 Å². The minimum absolute atomic E-state index is 0.126.